The van der Waals surface area contributed by atoms with E-state index in [-0.39, 0.29) is 93.7 Å². The Labute approximate surface area is 399 Å². The molecule has 20 heteroatoms. The molecule has 19 nitrogen and oxygen atoms in total. The predicted octanol–water partition coefficient (Wildman–Crippen LogP) is 6.20. The van der Waals surface area contributed by atoms with Gasteiger partial charge in [-0.15, -0.1) is 0 Å². The number of ketones is 1. The number of aryl methyl sites for hydroxylation is 1. The zero-order valence-corrected chi connectivity index (χ0v) is 40.0. The van der Waals surface area contributed by atoms with E-state index in [1.807, 2.05) is 24.3 Å². The van der Waals surface area contributed by atoms with E-state index in [9.17, 15) is 32.4 Å². The van der Waals surface area contributed by atoms with Crippen molar-refractivity contribution in [1.29, 1.82) is 0 Å². The first kappa shape index (κ1) is 56.8. The number of carboxylic acid groups (broad SMARTS) is 1. The highest BCUT2D eigenvalue weighted by Gasteiger charge is 2.17. The highest BCUT2D eigenvalue weighted by molar-refractivity contribution is 7.92. The second kappa shape index (κ2) is 34.7. The number of hydrogen-bond acceptors (Lipinski definition) is 15. The minimum Gasteiger partial charge on any atom is -0.481 e. The molecule has 376 valence electrons. The number of Topliss-reactive ketones (excluding diaryl/α,β-unsaturated/α-hetero) is 1. The van der Waals surface area contributed by atoms with Gasteiger partial charge in [0.25, 0.3) is 15.9 Å². The SMILES string of the molecule is COC(=O)COCCOCCCC(=O)COCCOCCNC(=O)CCNC(=O)c1cnc(NS(=O)(=O)c2ccc(Oc3ccc(CCCCCCCCCCCCCC(=O)O)cc3)cc2)nc1. The molecule has 0 saturated carbocycles. The molecule has 4 N–H and O–H groups in total. The second-order valence-electron chi connectivity index (χ2n) is 15.8. The molecule has 3 rings (SSSR count). The molecule has 0 fully saturated rings. The number of nitrogens with one attached hydrogen (secondary N) is 3. The average Bonchev–Trinajstić information content (AvgIpc) is 3.32. The molecule has 1 aromatic heterocycles. The van der Waals surface area contributed by atoms with Gasteiger partial charge in [-0.1, -0.05) is 69.9 Å². The molecular weight excluding hydrogens is 903 g/mol. The van der Waals surface area contributed by atoms with Crippen molar-refractivity contribution in [2.24, 2.45) is 0 Å². The van der Waals surface area contributed by atoms with Crippen LogP contribution in [-0.4, -0.2) is 126 Å². The summed E-state index contributed by atoms with van der Waals surface area (Å²) in [6, 6.07) is 13.8. The smallest absolute Gasteiger partial charge is 0.331 e. The molecule has 68 heavy (non-hydrogen) atoms. The zero-order chi connectivity index (χ0) is 49.1. The lowest BCUT2D eigenvalue weighted by molar-refractivity contribution is -0.146. The summed E-state index contributed by atoms with van der Waals surface area (Å²) >= 11 is 0. The average molecular weight is 972 g/mol. The number of aliphatic carboxylic acids is 1. The Hall–Kier alpha value is -5.54. The van der Waals surface area contributed by atoms with Gasteiger partial charge in [0.15, 0.2) is 5.78 Å². The lowest BCUT2D eigenvalue weighted by Gasteiger charge is -2.10. The molecule has 0 unspecified atom stereocenters. The van der Waals surface area contributed by atoms with Gasteiger partial charge < -0.3 is 44.2 Å². The molecule has 0 bridgehead atoms. The maximum atomic E-state index is 13.0. The topological polar surface area (TPSA) is 257 Å². The summed E-state index contributed by atoms with van der Waals surface area (Å²) < 4.78 is 59.9. The highest BCUT2D eigenvalue weighted by atomic mass is 32.2. The summed E-state index contributed by atoms with van der Waals surface area (Å²) in [6.45, 7) is 1.72. The predicted molar refractivity (Wildman–Crippen MR) is 252 cm³/mol. The van der Waals surface area contributed by atoms with Gasteiger partial charge in [-0.3, -0.25) is 19.2 Å². The maximum Gasteiger partial charge on any atom is 0.331 e. The van der Waals surface area contributed by atoms with Crippen LogP contribution in [0.2, 0.25) is 0 Å². The number of ether oxygens (including phenoxy) is 6. The summed E-state index contributed by atoms with van der Waals surface area (Å²) in [5.74, 6) is -1.21. The van der Waals surface area contributed by atoms with Crippen molar-refractivity contribution in [2.75, 3.05) is 77.8 Å². The van der Waals surface area contributed by atoms with Crippen LogP contribution in [-0.2, 0) is 59.3 Å². The van der Waals surface area contributed by atoms with Crippen molar-refractivity contribution in [3.8, 4) is 11.5 Å². The number of anilines is 1. The maximum absolute atomic E-state index is 13.0. The quantitative estimate of drug-likeness (QED) is 0.0365. The van der Waals surface area contributed by atoms with E-state index in [4.69, 9.17) is 28.8 Å². The van der Waals surface area contributed by atoms with E-state index in [1.165, 1.54) is 82.1 Å². The molecule has 0 saturated heterocycles. The third kappa shape index (κ3) is 26.7. The number of sulfonamides is 1. The van der Waals surface area contributed by atoms with Crippen molar-refractivity contribution >= 4 is 45.5 Å². The first-order valence-electron chi connectivity index (χ1n) is 23.3. The second-order valence-corrected chi connectivity index (χ2v) is 17.5. The Bertz CT molecular complexity index is 2020. The molecule has 0 atom stereocenters. The van der Waals surface area contributed by atoms with Gasteiger partial charge in [-0.05, 0) is 67.6 Å². The van der Waals surface area contributed by atoms with Gasteiger partial charge in [0.2, 0.25) is 11.9 Å². The van der Waals surface area contributed by atoms with Crippen molar-refractivity contribution < 1.29 is 65.9 Å². The third-order valence-electron chi connectivity index (χ3n) is 10.2. The number of hydrogen-bond donors (Lipinski definition) is 4. The Morgan fingerprint density at radius 3 is 1.76 bits per heavy atom. The number of methoxy groups -OCH3 is 1. The minimum absolute atomic E-state index is 0.00511. The van der Waals surface area contributed by atoms with Crippen LogP contribution in [0.4, 0.5) is 5.95 Å². The molecule has 0 radical (unpaired) electrons. The summed E-state index contributed by atoms with van der Waals surface area (Å²) in [7, 11) is -2.77. The van der Waals surface area contributed by atoms with Gasteiger partial charge in [0.05, 0.1) is 50.6 Å². The van der Waals surface area contributed by atoms with E-state index in [1.54, 1.807) is 12.1 Å². The number of unbranched alkanes of at least 4 members (excludes halogenated alkanes) is 10. The van der Waals surface area contributed by atoms with Crippen molar-refractivity contribution in [3.63, 3.8) is 0 Å². The fraction of sp³-hybridized carbons (Fsp3) is 0.562. The van der Waals surface area contributed by atoms with E-state index in [2.05, 4.69) is 30.1 Å². The number of aromatic nitrogens is 2. The van der Waals surface area contributed by atoms with Crippen LogP contribution >= 0.6 is 0 Å². The molecule has 3 aromatic rings. The Morgan fingerprint density at radius 2 is 1.15 bits per heavy atom. The molecule has 2 amide bonds. The number of nitrogens with zero attached hydrogens (tertiary/aromatic N) is 2. The number of carbonyl (C=O) groups is 5. The van der Waals surface area contributed by atoms with Crippen LogP contribution in [0.1, 0.15) is 112 Å². The zero-order valence-electron chi connectivity index (χ0n) is 39.2. The third-order valence-corrected chi connectivity index (χ3v) is 11.5. The summed E-state index contributed by atoms with van der Waals surface area (Å²) in [5.41, 5.74) is 1.30. The largest absolute Gasteiger partial charge is 0.481 e. The highest BCUT2D eigenvalue weighted by Crippen LogP contribution is 2.25. The lowest BCUT2D eigenvalue weighted by atomic mass is 10.0. The molecule has 0 aliphatic carbocycles. The lowest BCUT2D eigenvalue weighted by Crippen LogP contribution is -2.32. The van der Waals surface area contributed by atoms with Crippen LogP contribution in [0.25, 0.3) is 0 Å². The number of rotatable bonds is 40. The van der Waals surface area contributed by atoms with Gasteiger partial charge in [0, 0.05) is 51.4 Å². The fourth-order valence-electron chi connectivity index (χ4n) is 6.45. The molecular formula is C48H69N5O14S. The van der Waals surface area contributed by atoms with Gasteiger partial charge in [-0.2, -0.15) is 0 Å². The van der Waals surface area contributed by atoms with E-state index >= 15 is 0 Å². The van der Waals surface area contributed by atoms with E-state index in [0.29, 0.717) is 37.6 Å². The molecule has 1 heterocycles. The Kier molecular flexibility index (Phi) is 29.0. The number of carboxylic acids is 1. The van der Waals surface area contributed by atoms with Crippen LogP contribution in [0.15, 0.2) is 65.8 Å². The van der Waals surface area contributed by atoms with Gasteiger partial charge >= 0.3 is 11.9 Å². The van der Waals surface area contributed by atoms with Gasteiger partial charge in [-0.25, -0.2) is 27.9 Å². The summed E-state index contributed by atoms with van der Waals surface area (Å²) in [6.07, 6.45) is 17.0. The Morgan fingerprint density at radius 1 is 0.588 bits per heavy atom. The summed E-state index contributed by atoms with van der Waals surface area (Å²) in [4.78, 5) is 66.0. The van der Waals surface area contributed by atoms with E-state index in [0.717, 1.165) is 32.1 Å². The molecule has 0 aliphatic heterocycles. The van der Waals surface area contributed by atoms with Crippen LogP contribution in [0.3, 0.4) is 0 Å². The normalized spacial score (nSPS) is 11.2. The molecule has 0 aliphatic rings. The summed E-state index contributed by atoms with van der Waals surface area (Å²) in [5, 5.41) is 14.0. The Balaban J connectivity index is 1.20. The molecule has 0 spiro atoms. The number of benzene rings is 2. The van der Waals surface area contributed by atoms with Crippen LogP contribution in [0.5, 0.6) is 11.5 Å². The van der Waals surface area contributed by atoms with Crippen molar-refractivity contribution in [1.82, 2.24) is 20.6 Å². The first-order valence-corrected chi connectivity index (χ1v) is 24.8. The fourth-order valence-corrected chi connectivity index (χ4v) is 7.40. The standard InChI is InChI=1S/C48H69N5O14S/c1-62-46(58)37-66-33-30-63-28-13-15-40(54)36-65-32-31-64-29-27-49-44(55)25-26-50-47(59)39-34-51-48(52-35-39)53-68(60,61)43-23-21-42(22-24-43)67-41-19-17-38(18-20-41)14-11-9-7-5-3-2-4-6-8-10-12-16-45(56)57/h17-24,34-35H,2-16,25-33,36-37H2,1H3,(H,49,55)(H,50,59)(H,56,57)(H,51,52,53). The van der Waals surface area contributed by atoms with E-state index < -0.39 is 27.9 Å². The molecule has 2 aromatic carbocycles. The number of esters is 1. The number of amides is 2. The van der Waals surface area contributed by atoms with Crippen LogP contribution in [0, 0.1) is 0 Å². The monoisotopic (exact) mass is 971 g/mol. The minimum atomic E-state index is -4.05. The number of carbonyl (C=O) groups excluding carboxylic acids is 4. The van der Waals surface area contributed by atoms with Crippen molar-refractivity contribution in [2.45, 2.75) is 108 Å². The van der Waals surface area contributed by atoms with Crippen LogP contribution < -0.4 is 20.1 Å². The van der Waals surface area contributed by atoms with Crippen molar-refractivity contribution in [3.05, 3.63) is 72.1 Å². The van der Waals surface area contributed by atoms with Gasteiger partial charge in [0.1, 0.15) is 24.7 Å². The first-order chi connectivity index (χ1) is 32.9.